The minimum atomic E-state index is -0.502. The predicted molar refractivity (Wildman–Crippen MR) is 84.6 cm³/mol. The first-order chi connectivity index (χ1) is 9.72. The first-order valence-corrected chi connectivity index (χ1v) is 8.14. The third-order valence-electron chi connectivity index (χ3n) is 2.68. The normalized spacial score (nSPS) is 12.3. The fraction of sp³-hybridized carbons (Fsp3) is 0.600. The molecule has 0 radical (unpaired) electrons. The summed E-state index contributed by atoms with van der Waals surface area (Å²) in [5.74, 6) is 2.77. The lowest BCUT2D eigenvalue weighted by atomic mass is 10.2. The summed E-state index contributed by atoms with van der Waals surface area (Å²) in [5.41, 5.74) is 1.15. The zero-order valence-corrected chi connectivity index (χ0v) is 12.9. The van der Waals surface area contributed by atoms with Crippen LogP contribution in [0.1, 0.15) is 12.0 Å². The zero-order chi connectivity index (χ0) is 14.6. The van der Waals surface area contributed by atoms with E-state index in [1.807, 2.05) is 31.2 Å². The van der Waals surface area contributed by atoms with Gasteiger partial charge in [-0.3, -0.25) is 0 Å². The van der Waals surface area contributed by atoms with Crippen LogP contribution in [0.5, 0.6) is 5.75 Å². The summed E-state index contributed by atoms with van der Waals surface area (Å²) in [6, 6.07) is 7.81. The van der Waals surface area contributed by atoms with E-state index in [0.29, 0.717) is 13.2 Å². The number of nitrogens with one attached hydrogen (secondary N) is 1. The fourth-order valence-electron chi connectivity index (χ4n) is 1.64. The van der Waals surface area contributed by atoms with E-state index in [1.54, 1.807) is 11.8 Å². The first kappa shape index (κ1) is 17.3. The molecule has 0 aliphatic rings. The Hall–Kier alpha value is -0.750. The van der Waals surface area contributed by atoms with Gasteiger partial charge in [-0.15, -0.1) is 0 Å². The molecular formula is C15H25NO3S. The molecule has 1 unspecified atom stereocenters. The van der Waals surface area contributed by atoms with Crippen LogP contribution < -0.4 is 10.1 Å². The van der Waals surface area contributed by atoms with E-state index in [1.165, 1.54) is 0 Å². The van der Waals surface area contributed by atoms with Crippen molar-refractivity contribution in [1.29, 1.82) is 0 Å². The molecule has 3 N–H and O–H groups in total. The first-order valence-electron chi connectivity index (χ1n) is 6.99. The standard InChI is InChI=1S/C15H25NO3S/c1-13-4-2-5-15(10-13)19-12-14(18)11-16-6-9-20-8-3-7-17/h2,4-5,10,14,16-18H,3,6-9,11-12H2,1H3. The zero-order valence-electron chi connectivity index (χ0n) is 12.0. The van der Waals surface area contributed by atoms with Crippen LogP contribution in [0.15, 0.2) is 24.3 Å². The van der Waals surface area contributed by atoms with Crippen molar-refractivity contribution in [2.24, 2.45) is 0 Å². The summed E-state index contributed by atoms with van der Waals surface area (Å²) < 4.78 is 5.54. The van der Waals surface area contributed by atoms with Crippen LogP contribution in [-0.2, 0) is 0 Å². The van der Waals surface area contributed by atoms with Gasteiger partial charge in [0.2, 0.25) is 0 Å². The molecule has 0 fully saturated rings. The van der Waals surface area contributed by atoms with Crippen molar-refractivity contribution in [3.63, 3.8) is 0 Å². The van der Waals surface area contributed by atoms with E-state index in [4.69, 9.17) is 9.84 Å². The molecule has 0 amide bonds. The van der Waals surface area contributed by atoms with Gasteiger partial charge in [-0.25, -0.2) is 0 Å². The van der Waals surface area contributed by atoms with Crippen LogP contribution >= 0.6 is 11.8 Å². The fourth-order valence-corrected chi connectivity index (χ4v) is 2.46. The Morgan fingerprint density at radius 1 is 1.35 bits per heavy atom. The van der Waals surface area contributed by atoms with E-state index < -0.39 is 6.10 Å². The lowest BCUT2D eigenvalue weighted by Gasteiger charge is -2.13. The minimum Gasteiger partial charge on any atom is -0.491 e. The van der Waals surface area contributed by atoms with Crippen molar-refractivity contribution < 1.29 is 14.9 Å². The topological polar surface area (TPSA) is 61.7 Å². The van der Waals surface area contributed by atoms with Gasteiger partial charge in [-0.2, -0.15) is 11.8 Å². The number of hydrogen-bond acceptors (Lipinski definition) is 5. The van der Waals surface area contributed by atoms with Crippen molar-refractivity contribution >= 4 is 11.8 Å². The molecule has 20 heavy (non-hydrogen) atoms. The molecular weight excluding hydrogens is 274 g/mol. The Balaban J connectivity index is 2.01. The summed E-state index contributed by atoms with van der Waals surface area (Å²) in [6.07, 6.45) is 0.343. The molecule has 5 heteroatoms. The van der Waals surface area contributed by atoms with Crippen LogP contribution in [0.3, 0.4) is 0 Å². The van der Waals surface area contributed by atoms with Gasteiger partial charge in [-0.1, -0.05) is 12.1 Å². The van der Waals surface area contributed by atoms with E-state index >= 15 is 0 Å². The molecule has 114 valence electrons. The second kappa shape index (κ2) is 11.0. The molecule has 0 aliphatic heterocycles. The van der Waals surface area contributed by atoms with Crippen molar-refractivity contribution in [1.82, 2.24) is 5.32 Å². The number of aliphatic hydroxyl groups excluding tert-OH is 2. The van der Waals surface area contributed by atoms with E-state index in [2.05, 4.69) is 5.32 Å². The second-order valence-electron chi connectivity index (χ2n) is 4.67. The van der Waals surface area contributed by atoms with Crippen molar-refractivity contribution in [2.45, 2.75) is 19.4 Å². The summed E-state index contributed by atoms with van der Waals surface area (Å²) in [5, 5.41) is 21.6. The number of aryl methyl sites for hydroxylation is 1. The highest BCUT2D eigenvalue weighted by Crippen LogP contribution is 2.12. The molecule has 1 aromatic carbocycles. The Labute approximate surface area is 125 Å². The number of hydrogen-bond donors (Lipinski definition) is 3. The predicted octanol–water partition coefficient (Wildman–Crippen LogP) is 1.44. The third-order valence-corrected chi connectivity index (χ3v) is 3.75. The summed E-state index contributed by atoms with van der Waals surface area (Å²) in [6.45, 7) is 3.97. The Bertz CT molecular complexity index is 363. The van der Waals surface area contributed by atoms with Crippen LogP contribution in [0, 0.1) is 6.92 Å². The Morgan fingerprint density at radius 3 is 2.95 bits per heavy atom. The number of aliphatic hydroxyl groups is 2. The van der Waals surface area contributed by atoms with Gasteiger partial charge >= 0.3 is 0 Å². The van der Waals surface area contributed by atoms with Crippen molar-refractivity contribution in [3.8, 4) is 5.75 Å². The van der Waals surface area contributed by atoms with Crippen LogP contribution in [0.25, 0.3) is 0 Å². The van der Waals surface area contributed by atoms with Crippen LogP contribution in [-0.4, -0.2) is 54.1 Å². The molecule has 0 aliphatic carbocycles. The molecule has 1 aromatic rings. The summed E-state index contributed by atoms with van der Waals surface area (Å²) in [4.78, 5) is 0. The molecule has 0 saturated heterocycles. The third kappa shape index (κ3) is 8.43. The molecule has 0 aromatic heterocycles. The van der Waals surface area contributed by atoms with Crippen molar-refractivity contribution in [3.05, 3.63) is 29.8 Å². The molecule has 1 rings (SSSR count). The van der Waals surface area contributed by atoms with Crippen LogP contribution in [0.4, 0.5) is 0 Å². The monoisotopic (exact) mass is 299 g/mol. The van der Waals surface area contributed by atoms with Gasteiger partial charge in [-0.05, 0) is 36.8 Å². The molecule has 4 nitrogen and oxygen atoms in total. The molecule has 1 atom stereocenters. The lowest BCUT2D eigenvalue weighted by molar-refractivity contribution is 0.107. The van der Waals surface area contributed by atoms with Crippen LogP contribution in [0.2, 0.25) is 0 Å². The maximum Gasteiger partial charge on any atom is 0.119 e. The number of thioether (sulfide) groups is 1. The average molecular weight is 299 g/mol. The van der Waals surface area contributed by atoms with Gasteiger partial charge in [0, 0.05) is 25.4 Å². The molecule has 0 bridgehead atoms. The van der Waals surface area contributed by atoms with Gasteiger partial charge in [0.1, 0.15) is 18.5 Å². The van der Waals surface area contributed by atoms with Gasteiger partial charge in [0.15, 0.2) is 0 Å². The SMILES string of the molecule is Cc1cccc(OCC(O)CNCCSCCCO)c1. The van der Waals surface area contributed by atoms with E-state index in [-0.39, 0.29) is 6.61 Å². The van der Waals surface area contributed by atoms with Gasteiger partial charge < -0.3 is 20.3 Å². The summed E-state index contributed by atoms with van der Waals surface area (Å²) in [7, 11) is 0. The quantitative estimate of drug-likeness (QED) is 0.540. The van der Waals surface area contributed by atoms with E-state index in [0.717, 1.165) is 35.8 Å². The number of rotatable bonds is 11. The highest BCUT2D eigenvalue weighted by atomic mass is 32.2. The molecule has 0 spiro atoms. The van der Waals surface area contributed by atoms with E-state index in [9.17, 15) is 5.11 Å². The second-order valence-corrected chi connectivity index (χ2v) is 5.90. The smallest absolute Gasteiger partial charge is 0.119 e. The maximum atomic E-state index is 9.79. The molecule has 0 heterocycles. The minimum absolute atomic E-state index is 0.259. The largest absolute Gasteiger partial charge is 0.491 e. The average Bonchev–Trinajstić information content (AvgIpc) is 2.44. The highest BCUT2D eigenvalue weighted by molar-refractivity contribution is 7.99. The number of ether oxygens (including phenoxy) is 1. The Kier molecular flexibility index (Phi) is 9.49. The maximum absolute atomic E-state index is 9.79. The Morgan fingerprint density at radius 2 is 2.20 bits per heavy atom. The van der Waals surface area contributed by atoms with Crippen molar-refractivity contribution in [2.75, 3.05) is 37.8 Å². The lowest BCUT2D eigenvalue weighted by Crippen LogP contribution is -2.32. The summed E-state index contributed by atoms with van der Waals surface area (Å²) >= 11 is 1.81. The van der Waals surface area contributed by atoms with Gasteiger partial charge in [0.25, 0.3) is 0 Å². The number of benzene rings is 1. The van der Waals surface area contributed by atoms with Gasteiger partial charge in [0.05, 0.1) is 0 Å². The molecule has 0 saturated carbocycles. The highest BCUT2D eigenvalue weighted by Gasteiger charge is 2.04.